The standard InChI is InChI=1S/C15H16N2O/c1-10-5-7-16-9-13(10)15(18)12-4-2-3-11-6-8-17-14(11)12/h2-5,7,9,15,17-18H,6,8H2,1H3. The van der Waals surface area contributed by atoms with Crippen LogP contribution >= 0.6 is 0 Å². The Bertz CT molecular complexity index is 580. The van der Waals surface area contributed by atoms with Gasteiger partial charge in [-0.1, -0.05) is 18.2 Å². The lowest BCUT2D eigenvalue weighted by Gasteiger charge is -2.17. The van der Waals surface area contributed by atoms with E-state index < -0.39 is 6.10 Å². The molecule has 0 saturated carbocycles. The monoisotopic (exact) mass is 240 g/mol. The quantitative estimate of drug-likeness (QED) is 0.847. The molecule has 0 aliphatic carbocycles. The molecule has 3 heteroatoms. The molecule has 92 valence electrons. The fourth-order valence-electron chi connectivity index (χ4n) is 2.52. The second kappa shape index (κ2) is 4.42. The van der Waals surface area contributed by atoms with E-state index in [2.05, 4.69) is 16.4 Å². The van der Waals surface area contributed by atoms with Gasteiger partial charge in [0.1, 0.15) is 6.10 Å². The summed E-state index contributed by atoms with van der Waals surface area (Å²) < 4.78 is 0. The summed E-state index contributed by atoms with van der Waals surface area (Å²) >= 11 is 0. The Hall–Kier alpha value is -1.87. The highest BCUT2D eigenvalue weighted by molar-refractivity contribution is 5.63. The van der Waals surface area contributed by atoms with E-state index >= 15 is 0 Å². The molecule has 0 bridgehead atoms. The van der Waals surface area contributed by atoms with Crippen molar-refractivity contribution >= 4 is 5.69 Å². The molecule has 2 aromatic rings. The van der Waals surface area contributed by atoms with Gasteiger partial charge in [0.25, 0.3) is 0 Å². The Balaban J connectivity index is 2.06. The molecule has 1 aromatic carbocycles. The van der Waals surface area contributed by atoms with Crippen LogP contribution in [0.4, 0.5) is 5.69 Å². The van der Waals surface area contributed by atoms with Crippen molar-refractivity contribution in [1.29, 1.82) is 0 Å². The van der Waals surface area contributed by atoms with Gasteiger partial charge in [0.2, 0.25) is 0 Å². The molecule has 0 radical (unpaired) electrons. The SMILES string of the molecule is Cc1ccncc1C(O)c1cccc2c1NCC2. The lowest BCUT2D eigenvalue weighted by Crippen LogP contribution is -2.05. The fourth-order valence-corrected chi connectivity index (χ4v) is 2.52. The highest BCUT2D eigenvalue weighted by Gasteiger charge is 2.21. The molecule has 1 aromatic heterocycles. The van der Waals surface area contributed by atoms with Crippen LogP contribution in [-0.4, -0.2) is 16.6 Å². The minimum absolute atomic E-state index is 0.612. The lowest BCUT2D eigenvalue weighted by molar-refractivity contribution is 0.220. The number of aliphatic hydroxyl groups is 1. The average Bonchev–Trinajstić information content (AvgIpc) is 2.86. The average molecular weight is 240 g/mol. The summed E-state index contributed by atoms with van der Waals surface area (Å²) in [4.78, 5) is 4.11. The van der Waals surface area contributed by atoms with Gasteiger partial charge in [0, 0.05) is 35.8 Å². The minimum atomic E-state index is -0.612. The van der Waals surface area contributed by atoms with Crippen LogP contribution in [-0.2, 0) is 6.42 Å². The molecule has 1 unspecified atom stereocenters. The lowest BCUT2D eigenvalue weighted by atomic mass is 9.96. The van der Waals surface area contributed by atoms with Crippen molar-refractivity contribution in [3.63, 3.8) is 0 Å². The van der Waals surface area contributed by atoms with Crippen LogP contribution < -0.4 is 5.32 Å². The second-order valence-electron chi connectivity index (χ2n) is 4.69. The molecule has 1 atom stereocenters. The normalized spacial score (nSPS) is 15.0. The molecule has 2 N–H and O–H groups in total. The highest BCUT2D eigenvalue weighted by atomic mass is 16.3. The van der Waals surface area contributed by atoms with Gasteiger partial charge in [-0.2, -0.15) is 0 Å². The third kappa shape index (κ3) is 1.77. The summed E-state index contributed by atoms with van der Waals surface area (Å²) in [6.45, 7) is 2.95. The zero-order valence-electron chi connectivity index (χ0n) is 10.4. The van der Waals surface area contributed by atoms with Gasteiger partial charge in [-0.25, -0.2) is 0 Å². The molecule has 1 aliphatic rings. The first kappa shape index (κ1) is 11.2. The largest absolute Gasteiger partial charge is 0.384 e. The molecule has 2 heterocycles. The number of aliphatic hydroxyl groups excluding tert-OH is 1. The van der Waals surface area contributed by atoms with Gasteiger partial charge in [-0.3, -0.25) is 4.98 Å². The van der Waals surface area contributed by atoms with E-state index in [-0.39, 0.29) is 0 Å². The summed E-state index contributed by atoms with van der Waals surface area (Å²) in [5.74, 6) is 0. The number of anilines is 1. The van der Waals surface area contributed by atoms with E-state index in [1.165, 1.54) is 5.56 Å². The van der Waals surface area contributed by atoms with Gasteiger partial charge < -0.3 is 10.4 Å². The third-order valence-electron chi connectivity index (χ3n) is 3.55. The number of nitrogens with zero attached hydrogens (tertiary/aromatic N) is 1. The zero-order valence-corrected chi connectivity index (χ0v) is 10.4. The second-order valence-corrected chi connectivity index (χ2v) is 4.69. The van der Waals surface area contributed by atoms with E-state index in [0.717, 1.165) is 35.3 Å². The van der Waals surface area contributed by atoms with Crippen molar-refractivity contribution in [2.24, 2.45) is 0 Å². The van der Waals surface area contributed by atoms with Crippen LogP contribution in [0.3, 0.4) is 0 Å². The predicted molar refractivity (Wildman–Crippen MR) is 71.7 cm³/mol. The summed E-state index contributed by atoms with van der Waals surface area (Å²) in [6, 6.07) is 8.03. The number of hydrogen-bond acceptors (Lipinski definition) is 3. The molecule has 18 heavy (non-hydrogen) atoms. The Kier molecular flexibility index (Phi) is 2.76. The number of hydrogen-bond donors (Lipinski definition) is 2. The summed E-state index contributed by atoms with van der Waals surface area (Å²) in [6.07, 6.45) is 3.91. The van der Waals surface area contributed by atoms with Crippen LogP contribution in [0, 0.1) is 6.92 Å². The number of nitrogens with one attached hydrogen (secondary N) is 1. The van der Waals surface area contributed by atoms with Crippen molar-refractivity contribution in [3.8, 4) is 0 Å². The zero-order chi connectivity index (χ0) is 12.5. The van der Waals surface area contributed by atoms with Crippen molar-refractivity contribution in [3.05, 3.63) is 58.9 Å². The first-order valence-corrected chi connectivity index (χ1v) is 6.21. The van der Waals surface area contributed by atoms with Crippen molar-refractivity contribution in [2.75, 3.05) is 11.9 Å². The molecule has 0 amide bonds. The van der Waals surface area contributed by atoms with E-state index in [9.17, 15) is 5.11 Å². The fraction of sp³-hybridized carbons (Fsp3) is 0.267. The molecular formula is C15H16N2O. The van der Waals surface area contributed by atoms with Crippen LogP contribution in [0.1, 0.15) is 28.4 Å². The van der Waals surface area contributed by atoms with E-state index in [1.807, 2.05) is 25.1 Å². The molecule has 0 fully saturated rings. The van der Waals surface area contributed by atoms with Crippen LogP contribution in [0.15, 0.2) is 36.7 Å². The van der Waals surface area contributed by atoms with E-state index in [0.29, 0.717) is 0 Å². The Labute approximate surface area is 107 Å². The third-order valence-corrected chi connectivity index (χ3v) is 3.55. The molecule has 0 spiro atoms. The number of fused-ring (bicyclic) bond motifs is 1. The topological polar surface area (TPSA) is 45.2 Å². The first-order valence-electron chi connectivity index (χ1n) is 6.21. The number of pyridine rings is 1. The number of para-hydroxylation sites is 1. The first-order chi connectivity index (χ1) is 8.77. The molecule has 1 aliphatic heterocycles. The summed E-state index contributed by atoms with van der Waals surface area (Å²) in [5, 5.41) is 13.9. The Morgan fingerprint density at radius 1 is 1.28 bits per heavy atom. The van der Waals surface area contributed by atoms with Gasteiger partial charge in [-0.15, -0.1) is 0 Å². The van der Waals surface area contributed by atoms with E-state index in [4.69, 9.17) is 0 Å². The number of benzene rings is 1. The Morgan fingerprint density at radius 3 is 3.00 bits per heavy atom. The maximum absolute atomic E-state index is 10.6. The van der Waals surface area contributed by atoms with Gasteiger partial charge >= 0.3 is 0 Å². The molecule has 0 saturated heterocycles. The van der Waals surface area contributed by atoms with Crippen molar-refractivity contribution in [2.45, 2.75) is 19.4 Å². The molecule has 3 nitrogen and oxygen atoms in total. The van der Waals surface area contributed by atoms with Crippen molar-refractivity contribution < 1.29 is 5.11 Å². The minimum Gasteiger partial charge on any atom is -0.384 e. The maximum Gasteiger partial charge on any atom is 0.108 e. The maximum atomic E-state index is 10.6. The Morgan fingerprint density at radius 2 is 2.17 bits per heavy atom. The van der Waals surface area contributed by atoms with Crippen molar-refractivity contribution in [1.82, 2.24) is 4.98 Å². The van der Waals surface area contributed by atoms with Gasteiger partial charge in [0.15, 0.2) is 0 Å². The van der Waals surface area contributed by atoms with Gasteiger partial charge in [0.05, 0.1) is 0 Å². The van der Waals surface area contributed by atoms with Crippen LogP contribution in [0.2, 0.25) is 0 Å². The highest BCUT2D eigenvalue weighted by Crippen LogP contribution is 2.34. The van der Waals surface area contributed by atoms with E-state index in [1.54, 1.807) is 12.4 Å². The number of aryl methyl sites for hydroxylation is 1. The molecular weight excluding hydrogens is 224 g/mol. The smallest absolute Gasteiger partial charge is 0.108 e. The van der Waals surface area contributed by atoms with Gasteiger partial charge in [-0.05, 0) is 30.5 Å². The predicted octanol–water partition coefficient (Wildman–Crippen LogP) is 2.44. The summed E-state index contributed by atoms with van der Waals surface area (Å²) in [5.41, 5.74) is 5.26. The molecule has 3 rings (SSSR count). The number of rotatable bonds is 2. The van der Waals surface area contributed by atoms with Crippen LogP contribution in [0.5, 0.6) is 0 Å². The van der Waals surface area contributed by atoms with Crippen LogP contribution in [0.25, 0.3) is 0 Å². The summed E-state index contributed by atoms with van der Waals surface area (Å²) in [7, 11) is 0. The number of aromatic nitrogens is 1.